The number of rotatable bonds is 8. The van der Waals surface area contributed by atoms with E-state index in [1.807, 2.05) is 43.3 Å². The molecule has 1 aliphatic carbocycles. The number of fused-ring (bicyclic) bond motifs is 2. The predicted molar refractivity (Wildman–Crippen MR) is 163 cm³/mol. The second-order valence-electron chi connectivity index (χ2n) is 12.1. The molecule has 1 aliphatic heterocycles. The first-order chi connectivity index (χ1) is 21.1. The van der Waals surface area contributed by atoms with Crippen LogP contribution in [-0.2, 0) is 23.1 Å². The fourth-order valence-electron chi connectivity index (χ4n) is 6.62. The number of nitriles is 1. The van der Waals surface area contributed by atoms with E-state index in [4.69, 9.17) is 0 Å². The Morgan fingerprint density at radius 2 is 1.64 bits per heavy atom. The molecule has 3 aromatic rings. The molecule has 1 aromatic heterocycles. The number of likely N-dealkylation sites (tertiary alicyclic amines) is 1. The first-order valence-corrected chi connectivity index (χ1v) is 14.9. The van der Waals surface area contributed by atoms with Crippen molar-refractivity contribution in [3.8, 4) is 6.07 Å². The number of tetrazole rings is 1. The molecule has 12 nitrogen and oxygen atoms in total. The van der Waals surface area contributed by atoms with Gasteiger partial charge in [-0.05, 0) is 85.5 Å². The zero-order valence-corrected chi connectivity index (χ0v) is 25.9. The molecule has 2 heterocycles. The summed E-state index contributed by atoms with van der Waals surface area (Å²) >= 11 is 0. The lowest BCUT2D eigenvalue weighted by atomic mass is 9.67. The molecule has 0 bridgehead atoms. The summed E-state index contributed by atoms with van der Waals surface area (Å²) in [7, 11) is 6.91. The van der Waals surface area contributed by atoms with Crippen molar-refractivity contribution >= 4 is 17.7 Å². The Morgan fingerprint density at radius 3 is 2.14 bits per heavy atom. The highest BCUT2D eigenvalue weighted by atomic mass is 16.2. The molecule has 2 aliphatic rings. The van der Waals surface area contributed by atoms with Crippen LogP contribution in [0.15, 0.2) is 36.4 Å². The van der Waals surface area contributed by atoms with Crippen LogP contribution in [0.1, 0.15) is 75.0 Å². The average Bonchev–Trinajstić information content (AvgIpc) is 3.71. The second-order valence-corrected chi connectivity index (χ2v) is 12.1. The fourth-order valence-corrected chi connectivity index (χ4v) is 6.62. The molecular formula is C32H39N9O3. The van der Waals surface area contributed by atoms with E-state index in [0.717, 1.165) is 28.7 Å². The maximum absolute atomic E-state index is 13.1. The topological polar surface area (TPSA) is 151 Å². The minimum absolute atomic E-state index is 0.0912. The average molecular weight is 598 g/mol. The first-order valence-electron chi connectivity index (χ1n) is 14.9. The molecular weight excluding hydrogens is 558 g/mol. The Hall–Kier alpha value is -4.63. The molecule has 2 unspecified atom stereocenters. The summed E-state index contributed by atoms with van der Waals surface area (Å²) in [6.45, 7) is 2.69. The lowest BCUT2D eigenvalue weighted by Crippen LogP contribution is -2.45. The molecule has 2 N–H and O–H groups in total. The van der Waals surface area contributed by atoms with Gasteiger partial charge in [-0.2, -0.15) is 10.5 Å². The number of carbonyl (C=O) groups is 3. The van der Waals surface area contributed by atoms with Gasteiger partial charge in [0.2, 0.25) is 5.91 Å². The third kappa shape index (κ3) is 5.67. The number of aryl methyl sites for hydroxylation is 2. The maximum atomic E-state index is 13.1. The lowest BCUT2D eigenvalue weighted by Gasteiger charge is -2.36. The van der Waals surface area contributed by atoms with Gasteiger partial charge in [0.15, 0.2) is 5.82 Å². The van der Waals surface area contributed by atoms with E-state index in [-0.39, 0.29) is 36.3 Å². The summed E-state index contributed by atoms with van der Waals surface area (Å²) in [5, 5.41) is 28.5. The fraction of sp³-hybridized carbons (Fsp3) is 0.469. The number of H-pyrrole nitrogens is 1. The van der Waals surface area contributed by atoms with Gasteiger partial charge >= 0.3 is 0 Å². The van der Waals surface area contributed by atoms with Gasteiger partial charge in [-0.25, -0.2) is 0 Å². The van der Waals surface area contributed by atoms with Gasteiger partial charge in [0, 0.05) is 51.9 Å². The predicted octanol–water partition coefficient (Wildman–Crippen LogP) is 1.92. The largest absolute Gasteiger partial charge is 0.345 e. The van der Waals surface area contributed by atoms with Crippen LogP contribution in [0, 0.1) is 11.3 Å². The standard InChI is InChI=1S/C32H39N9O3/c1-20(34-19-28(42)41-14-6-7-25(41)18-33)17-32(31-35-37-38-36-31)26-12-10-23(29(43)39(2)3)15-21(26)8-9-22-16-24(11-13-27(22)32)30(44)40(4)5/h10-13,15-16,20,25,34H,6-9,14,17,19H2,1-5H3,(H,35,36,37,38). The van der Waals surface area contributed by atoms with Crippen LogP contribution in [0.2, 0.25) is 0 Å². The second kappa shape index (κ2) is 12.5. The number of hydrogen-bond acceptors (Lipinski definition) is 8. The van der Waals surface area contributed by atoms with Crippen molar-refractivity contribution in [1.82, 2.24) is 40.6 Å². The van der Waals surface area contributed by atoms with Crippen molar-refractivity contribution in [1.29, 1.82) is 5.26 Å². The van der Waals surface area contributed by atoms with E-state index in [0.29, 0.717) is 49.2 Å². The highest BCUT2D eigenvalue weighted by Crippen LogP contribution is 2.47. The minimum Gasteiger partial charge on any atom is -0.345 e. The molecule has 1 fully saturated rings. The number of hydrogen-bond donors (Lipinski definition) is 2. The highest BCUT2D eigenvalue weighted by molar-refractivity contribution is 5.95. The molecule has 3 amide bonds. The quantitative estimate of drug-likeness (QED) is 0.400. The van der Waals surface area contributed by atoms with Crippen molar-refractivity contribution in [3.63, 3.8) is 0 Å². The number of nitrogens with one attached hydrogen (secondary N) is 2. The van der Waals surface area contributed by atoms with E-state index in [1.165, 1.54) is 0 Å². The third-order valence-electron chi connectivity index (χ3n) is 8.76. The molecule has 1 saturated heterocycles. The molecule has 0 saturated carbocycles. The van der Waals surface area contributed by atoms with Gasteiger partial charge in [0.05, 0.1) is 18.0 Å². The maximum Gasteiger partial charge on any atom is 0.253 e. The van der Waals surface area contributed by atoms with E-state index in [1.54, 1.807) is 42.9 Å². The third-order valence-corrected chi connectivity index (χ3v) is 8.76. The molecule has 0 spiro atoms. The van der Waals surface area contributed by atoms with Crippen molar-refractivity contribution in [3.05, 3.63) is 75.6 Å². The summed E-state index contributed by atoms with van der Waals surface area (Å²) in [6, 6.07) is 13.2. The van der Waals surface area contributed by atoms with Crippen molar-refractivity contribution in [2.45, 2.75) is 56.5 Å². The van der Waals surface area contributed by atoms with E-state index >= 15 is 0 Å². The van der Waals surface area contributed by atoms with Crippen LogP contribution in [-0.4, -0.2) is 106 Å². The SMILES string of the molecule is CC(CC1(c2nn[nH]n2)c2ccc(C(=O)N(C)C)cc2CCc2cc(C(=O)N(C)C)ccc21)NCC(=O)N1CCCC1C#N. The summed E-state index contributed by atoms with van der Waals surface area (Å²) < 4.78 is 0. The van der Waals surface area contributed by atoms with Crippen LogP contribution in [0.4, 0.5) is 0 Å². The Kier molecular flexibility index (Phi) is 8.78. The van der Waals surface area contributed by atoms with Gasteiger partial charge in [-0.15, -0.1) is 10.2 Å². The minimum atomic E-state index is -0.911. The zero-order chi connectivity index (χ0) is 31.6. The molecule has 2 atom stereocenters. The van der Waals surface area contributed by atoms with Crippen LogP contribution in [0.25, 0.3) is 0 Å². The normalized spacial score (nSPS) is 17.5. The van der Waals surface area contributed by atoms with E-state index in [2.05, 4.69) is 32.0 Å². The number of nitrogens with zero attached hydrogens (tertiary/aromatic N) is 7. The summed E-state index contributed by atoms with van der Waals surface area (Å²) in [4.78, 5) is 43.8. The van der Waals surface area contributed by atoms with Gasteiger partial charge in [-0.3, -0.25) is 14.4 Å². The van der Waals surface area contributed by atoms with Crippen LogP contribution in [0.5, 0.6) is 0 Å². The van der Waals surface area contributed by atoms with E-state index < -0.39 is 5.41 Å². The molecule has 44 heavy (non-hydrogen) atoms. The van der Waals surface area contributed by atoms with Gasteiger partial charge < -0.3 is 20.0 Å². The van der Waals surface area contributed by atoms with Crippen LogP contribution in [0.3, 0.4) is 0 Å². The Morgan fingerprint density at radius 1 is 1.05 bits per heavy atom. The van der Waals surface area contributed by atoms with Crippen LogP contribution >= 0.6 is 0 Å². The van der Waals surface area contributed by atoms with Gasteiger partial charge in [0.1, 0.15) is 6.04 Å². The lowest BCUT2D eigenvalue weighted by molar-refractivity contribution is -0.130. The monoisotopic (exact) mass is 597 g/mol. The molecule has 2 aromatic carbocycles. The molecule has 5 rings (SSSR count). The Balaban J connectivity index is 1.60. The molecule has 0 radical (unpaired) electrons. The Bertz CT molecular complexity index is 1520. The molecule has 230 valence electrons. The number of benzene rings is 2. The first kappa shape index (κ1) is 30.8. The summed E-state index contributed by atoms with van der Waals surface area (Å²) in [6.07, 6.45) is 3.26. The number of aromatic nitrogens is 4. The van der Waals surface area contributed by atoms with Gasteiger partial charge in [0.25, 0.3) is 11.8 Å². The summed E-state index contributed by atoms with van der Waals surface area (Å²) in [5.74, 6) is 0.175. The van der Waals surface area contributed by atoms with Crippen molar-refractivity contribution in [2.24, 2.45) is 0 Å². The zero-order valence-electron chi connectivity index (χ0n) is 25.9. The number of carbonyl (C=O) groups excluding carboxylic acids is 3. The van der Waals surface area contributed by atoms with Crippen molar-refractivity contribution in [2.75, 3.05) is 41.3 Å². The van der Waals surface area contributed by atoms with E-state index in [9.17, 15) is 19.6 Å². The van der Waals surface area contributed by atoms with Crippen molar-refractivity contribution < 1.29 is 14.4 Å². The number of aromatic amines is 1. The van der Waals surface area contributed by atoms with Gasteiger partial charge in [-0.1, -0.05) is 17.3 Å². The summed E-state index contributed by atoms with van der Waals surface area (Å²) in [5.41, 5.74) is 4.12. The van der Waals surface area contributed by atoms with Crippen LogP contribution < -0.4 is 5.32 Å². The highest BCUT2D eigenvalue weighted by Gasteiger charge is 2.46. The Labute approximate surface area is 257 Å². The smallest absolute Gasteiger partial charge is 0.253 e. The molecule has 12 heteroatoms. The number of amides is 3.